The van der Waals surface area contributed by atoms with E-state index in [2.05, 4.69) is 20.9 Å². The molecule has 16 heavy (non-hydrogen) atoms. The molecule has 1 heterocycles. The van der Waals surface area contributed by atoms with Crippen molar-refractivity contribution in [3.63, 3.8) is 0 Å². The molecule has 0 aliphatic carbocycles. The third kappa shape index (κ3) is 1.42. The Balaban J connectivity index is 2.43. The molecule has 1 N–H and O–H groups in total. The van der Waals surface area contributed by atoms with E-state index in [0.717, 1.165) is 26.3 Å². The zero-order chi connectivity index (χ0) is 11.1. The summed E-state index contributed by atoms with van der Waals surface area (Å²) in [5.74, 6) is 0.352. The largest absolute Gasteiger partial charge is 0.438 e. The van der Waals surface area contributed by atoms with Gasteiger partial charge in [0.05, 0.1) is 0 Å². The number of rotatable bonds is 1. The van der Waals surface area contributed by atoms with E-state index in [0.29, 0.717) is 5.89 Å². The van der Waals surface area contributed by atoms with Crippen molar-refractivity contribution in [1.29, 1.82) is 0 Å². The number of nitrogens with zero attached hydrogens (tertiary/aromatic N) is 1. The van der Waals surface area contributed by atoms with Gasteiger partial charge in [-0.2, -0.15) is 0 Å². The van der Waals surface area contributed by atoms with Crippen molar-refractivity contribution in [3.8, 4) is 0 Å². The second-order valence-corrected chi connectivity index (χ2v) is 4.46. The van der Waals surface area contributed by atoms with Crippen LogP contribution in [0.25, 0.3) is 21.9 Å². The Hall–Kier alpha value is -1.39. The fourth-order valence-corrected chi connectivity index (χ4v) is 2.18. The second kappa shape index (κ2) is 3.57. The minimum absolute atomic E-state index is 0.174. The van der Waals surface area contributed by atoms with Gasteiger partial charge in [-0.25, -0.2) is 4.98 Å². The molecule has 1 aromatic heterocycles. The third-order valence-electron chi connectivity index (χ3n) is 2.51. The minimum atomic E-state index is -0.174. The summed E-state index contributed by atoms with van der Waals surface area (Å²) in [7, 11) is 0. The average molecular weight is 278 g/mol. The summed E-state index contributed by atoms with van der Waals surface area (Å²) in [6, 6.07) is 9.85. The monoisotopic (exact) mass is 277 g/mol. The van der Waals surface area contributed by atoms with E-state index >= 15 is 0 Å². The fraction of sp³-hybridized carbons (Fsp3) is 0.0833. The maximum atomic E-state index is 8.99. The van der Waals surface area contributed by atoms with Gasteiger partial charge in [-0.15, -0.1) is 0 Å². The summed E-state index contributed by atoms with van der Waals surface area (Å²) in [4.78, 5) is 4.18. The lowest BCUT2D eigenvalue weighted by Gasteiger charge is -1.98. The number of oxazole rings is 1. The molecule has 0 amide bonds. The van der Waals surface area contributed by atoms with Crippen molar-refractivity contribution in [2.45, 2.75) is 6.61 Å². The molecule has 3 aromatic rings. The van der Waals surface area contributed by atoms with Gasteiger partial charge in [0.15, 0.2) is 5.58 Å². The molecule has 3 rings (SSSR count). The highest BCUT2D eigenvalue weighted by Gasteiger charge is 2.08. The first-order chi connectivity index (χ1) is 7.78. The van der Waals surface area contributed by atoms with E-state index in [9.17, 15) is 0 Å². The minimum Gasteiger partial charge on any atom is -0.438 e. The molecule has 0 aliphatic heterocycles. The van der Waals surface area contributed by atoms with Gasteiger partial charge in [0.1, 0.15) is 12.1 Å². The van der Waals surface area contributed by atoms with Crippen LogP contribution in [-0.2, 0) is 6.61 Å². The Morgan fingerprint density at radius 3 is 2.94 bits per heavy atom. The average Bonchev–Trinajstić information content (AvgIpc) is 2.71. The molecule has 0 saturated carbocycles. The van der Waals surface area contributed by atoms with E-state index in [1.807, 2.05) is 30.3 Å². The van der Waals surface area contributed by atoms with Crippen molar-refractivity contribution in [1.82, 2.24) is 4.98 Å². The number of aromatic nitrogens is 1. The fourth-order valence-electron chi connectivity index (χ4n) is 1.80. The van der Waals surface area contributed by atoms with Crippen molar-refractivity contribution in [2.75, 3.05) is 0 Å². The highest BCUT2D eigenvalue weighted by atomic mass is 79.9. The summed E-state index contributed by atoms with van der Waals surface area (Å²) in [6.07, 6.45) is 0. The molecule has 0 radical (unpaired) electrons. The van der Waals surface area contributed by atoms with E-state index < -0.39 is 0 Å². The Morgan fingerprint density at radius 1 is 1.25 bits per heavy atom. The molecule has 0 spiro atoms. The maximum Gasteiger partial charge on any atom is 0.221 e. The highest BCUT2D eigenvalue weighted by Crippen LogP contribution is 2.28. The van der Waals surface area contributed by atoms with Crippen molar-refractivity contribution < 1.29 is 9.52 Å². The highest BCUT2D eigenvalue weighted by molar-refractivity contribution is 9.10. The van der Waals surface area contributed by atoms with Crippen molar-refractivity contribution in [3.05, 3.63) is 40.7 Å². The van der Waals surface area contributed by atoms with Crippen LogP contribution < -0.4 is 0 Å². The number of fused-ring (bicyclic) bond motifs is 3. The van der Waals surface area contributed by atoms with Gasteiger partial charge in [0.25, 0.3) is 0 Å². The zero-order valence-electron chi connectivity index (χ0n) is 8.27. The zero-order valence-corrected chi connectivity index (χ0v) is 9.86. The Bertz CT molecular complexity index is 675. The molecule has 0 fully saturated rings. The molecular formula is C12H8BrNO2. The van der Waals surface area contributed by atoms with Crippen LogP contribution in [-0.4, -0.2) is 10.1 Å². The lowest BCUT2D eigenvalue weighted by atomic mass is 10.1. The summed E-state index contributed by atoms with van der Waals surface area (Å²) in [5.41, 5.74) is 1.51. The molecule has 80 valence electrons. The van der Waals surface area contributed by atoms with Crippen LogP contribution in [0, 0.1) is 0 Å². The molecule has 4 heteroatoms. The van der Waals surface area contributed by atoms with E-state index in [4.69, 9.17) is 9.52 Å². The predicted octanol–water partition coefficient (Wildman–Crippen LogP) is 3.24. The van der Waals surface area contributed by atoms with Crippen LogP contribution in [0.5, 0.6) is 0 Å². The van der Waals surface area contributed by atoms with Crippen LogP contribution in [0.15, 0.2) is 39.2 Å². The van der Waals surface area contributed by atoms with Gasteiger partial charge in [0.2, 0.25) is 5.89 Å². The van der Waals surface area contributed by atoms with E-state index in [-0.39, 0.29) is 6.61 Å². The van der Waals surface area contributed by atoms with Gasteiger partial charge in [0, 0.05) is 9.86 Å². The summed E-state index contributed by atoms with van der Waals surface area (Å²) >= 11 is 3.43. The van der Waals surface area contributed by atoms with E-state index in [1.165, 1.54) is 0 Å². The number of benzene rings is 2. The third-order valence-corrected chi connectivity index (χ3v) is 3.01. The Kier molecular flexibility index (Phi) is 2.19. The molecule has 0 atom stereocenters. The van der Waals surface area contributed by atoms with Gasteiger partial charge >= 0.3 is 0 Å². The first-order valence-electron chi connectivity index (χ1n) is 4.86. The van der Waals surface area contributed by atoms with E-state index in [1.54, 1.807) is 0 Å². The summed E-state index contributed by atoms with van der Waals surface area (Å²) in [6.45, 7) is -0.174. The number of hydrogen-bond donors (Lipinski definition) is 1. The molecule has 0 saturated heterocycles. The van der Waals surface area contributed by atoms with Crippen molar-refractivity contribution >= 4 is 37.8 Å². The standard InChI is InChI=1S/C12H8BrNO2/c13-8-2-3-9-7(5-8)1-4-10-12(9)16-11(6-15)14-10/h1-5,15H,6H2. The number of aliphatic hydroxyl groups excluding tert-OH is 1. The van der Waals surface area contributed by atoms with Crippen LogP contribution >= 0.6 is 15.9 Å². The first-order valence-corrected chi connectivity index (χ1v) is 5.66. The lowest BCUT2D eigenvalue weighted by molar-refractivity contribution is 0.244. The number of aliphatic hydroxyl groups is 1. The van der Waals surface area contributed by atoms with Crippen LogP contribution in [0.3, 0.4) is 0 Å². The Morgan fingerprint density at radius 2 is 2.12 bits per heavy atom. The number of halogens is 1. The van der Waals surface area contributed by atoms with Crippen molar-refractivity contribution in [2.24, 2.45) is 0 Å². The first kappa shape index (κ1) is 9.81. The quantitative estimate of drug-likeness (QED) is 0.743. The molecule has 0 aliphatic rings. The number of hydrogen-bond acceptors (Lipinski definition) is 3. The SMILES string of the molecule is OCc1nc2ccc3cc(Br)ccc3c2o1. The topological polar surface area (TPSA) is 46.3 Å². The van der Waals surface area contributed by atoms with Gasteiger partial charge in [-0.1, -0.05) is 22.0 Å². The molecule has 0 bridgehead atoms. The van der Waals surface area contributed by atoms with Crippen LogP contribution in [0.1, 0.15) is 5.89 Å². The maximum absolute atomic E-state index is 8.99. The molecule has 2 aromatic carbocycles. The molecular weight excluding hydrogens is 270 g/mol. The lowest BCUT2D eigenvalue weighted by Crippen LogP contribution is -1.78. The van der Waals surface area contributed by atoms with Gasteiger partial charge < -0.3 is 9.52 Å². The Labute approximate surface area is 99.8 Å². The molecule has 3 nitrogen and oxygen atoms in total. The second-order valence-electron chi connectivity index (χ2n) is 3.54. The van der Waals surface area contributed by atoms with Gasteiger partial charge in [-0.05, 0) is 29.7 Å². The normalized spacial score (nSPS) is 11.4. The van der Waals surface area contributed by atoms with Crippen LogP contribution in [0.4, 0.5) is 0 Å². The summed E-state index contributed by atoms with van der Waals surface area (Å²) < 4.78 is 6.52. The smallest absolute Gasteiger partial charge is 0.221 e. The van der Waals surface area contributed by atoms with Crippen LogP contribution in [0.2, 0.25) is 0 Å². The predicted molar refractivity (Wildman–Crippen MR) is 65.1 cm³/mol. The summed E-state index contributed by atoms with van der Waals surface area (Å²) in [5, 5.41) is 11.1. The molecule has 0 unspecified atom stereocenters. The van der Waals surface area contributed by atoms with Gasteiger partial charge in [-0.3, -0.25) is 0 Å².